The summed E-state index contributed by atoms with van der Waals surface area (Å²) >= 11 is 7.47. The number of halogens is 1. The first kappa shape index (κ1) is 21.5. The van der Waals surface area contributed by atoms with E-state index in [-0.39, 0.29) is 16.5 Å². The molecule has 0 spiro atoms. The number of nitrogens with one attached hydrogen (secondary N) is 2. The van der Waals surface area contributed by atoms with Crippen molar-refractivity contribution in [1.82, 2.24) is 13.9 Å². The fourth-order valence-electron chi connectivity index (χ4n) is 4.59. The predicted molar refractivity (Wildman–Crippen MR) is 128 cm³/mol. The van der Waals surface area contributed by atoms with Crippen molar-refractivity contribution in [2.45, 2.75) is 32.1 Å². The number of piperidine rings is 1. The number of amides is 1. The highest BCUT2D eigenvalue weighted by Crippen LogP contribution is 2.38. The van der Waals surface area contributed by atoms with Crippen molar-refractivity contribution in [1.29, 1.82) is 0 Å². The van der Waals surface area contributed by atoms with Gasteiger partial charge in [-0.25, -0.2) is 8.42 Å². The lowest BCUT2D eigenvalue weighted by atomic mass is 9.84. The molecule has 4 aliphatic rings. The number of benzene rings is 1. The molecule has 1 aliphatic carbocycles. The lowest BCUT2D eigenvalue weighted by molar-refractivity contribution is 0.0750. The summed E-state index contributed by atoms with van der Waals surface area (Å²) in [6.45, 7) is 0.636. The van der Waals surface area contributed by atoms with E-state index in [4.69, 9.17) is 11.6 Å². The van der Waals surface area contributed by atoms with Crippen LogP contribution in [0.2, 0.25) is 5.02 Å². The van der Waals surface area contributed by atoms with Crippen LogP contribution in [0, 0.1) is 5.92 Å². The molecule has 1 aromatic carbocycles. The van der Waals surface area contributed by atoms with Gasteiger partial charge >= 0.3 is 0 Å². The van der Waals surface area contributed by atoms with E-state index in [9.17, 15) is 13.2 Å². The average molecular weight is 491 g/mol. The Balaban J connectivity index is 1.48. The Bertz CT molecular complexity index is 1190. The molecule has 0 aromatic heterocycles. The van der Waals surface area contributed by atoms with Crippen LogP contribution in [-0.4, -0.2) is 30.1 Å². The third-order valence-corrected chi connectivity index (χ3v) is 8.46. The molecule has 1 saturated heterocycles. The summed E-state index contributed by atoms with van der Waals surface area (Å²) in [5, 5.41) is 0.351. The minimum atomic E-state index is -3.96. The molecule has 32 heavy (non-hydrogen) atoms. The van der Waals surface area contributed by atoms with E-state index in [0.717, 1.165) is 37.8 Å². The van der Waals surface area contributed by atoms with Crippen molar-refractivity contribution < 1.29 is 13.2 Å². The zero-order valence-corrected chi connectivity index (χ0v) is 19.6. The molecule has 7 nitrogen and oxygen atoms in total. The molecular formula is C22H23ClN4O3S2. The van der Waals surface area contributed by atoms with Crippen LogP contribution < -0.4 is 9.44 Å². The van der Waals surface area contributed by atoms with E-state index in [1.54, 1.807) is 34.9 Å². The number of rotatable bonds is 4. The van der Waals surface area contributed by atoms with E-state index < -0.39 is 10.0 Å². The highest BCUT2D eigenvalue weighted by molar-refractivity contribution is 7.97. The number of fused-ring (bicyclic) bond motifs is 2. The first-order chi connectivity index (χ1) is 15.4. The van der Waals surface area contributed by atoms with Gasteiger partial charge in [-0.3, -0.25) is 13.8 Å². The predicted octanol–water partition coefficient (Wildman–Crippen LogP) is 4.72. The Hall–Kier alpha value is -2.36. The van der Waals surface area contributed by atoms with Gasteiger partial charge in [0.25, 0.3) is 15.9 Å². The molecule has 168 valence electrons. The zero-order valence-electron chi connectivity index (χ0n) is 17.3. The van der Waals surface area contributed by atoms with Gasteiger partial charge in [0.05, 0.1) is 29.1 Å². The third kappa shape index (κ3) is 3.93. The van der Waals surface area contributed by atoms with Crippen LogP contribution in [0.5, 0.6) is 0 Å². The van der Waals surface area contributed by atoms with Crippen molar-refractivity contribution >= 4 is 45.4 Å². The molecule has 5 rings (SSSR count). The SMILES string of the molecule is O=C(c1ccc(Cl)cc1NS(=O)(=O)C1=CC=CN2SNC=C12)N1CCCC2CCCC=C21. The Morgan fingerprint density at radius 3 is 2.97 bits per heavy atom. The normalized spacial score (nSPS) is 22.3. The van der Waals surface area contributed by atoms with Gasteiger partial charge in [0, 0.05) is 29.7 Å². The number of nitrogens with zero attached hydrogens (tertiary/aromatic N) is 2. The van der Waals surface area contributed by atoms with E-state index in [1.807, 2.05) is 4.90 Å². The number of sulfonamides is 1. The maximum Gasteiger partial charge on any atom is 0.264 e. The Morgan fingerprint density at radius 2 is 2.09 bits per heavy atom. The summed E-state index contributed by atoms with van der Waals surface area (Å²) in [6, 6.07) is 4.72. The molecule has 1 aromatic rings. The topological polar surface area (TPSA) is 81.8 Å². The summed E-state index contributed by atoms with van der Waals surface area (Å²) in [4.78, 5) is 15.5. The molecule has 10 heteroatoms. The van der Waals surface area contributed by atoms with Gasteiger partial charge in [0.2, 0.25) is 0 Å². The molecular weight excluding hydrogens is 468 g/mol. The number of anilines is 1. The van der Waals surface area contributed by atoms with Crippen LogP contribution in [0.15, 0.2) is 65.1 Å². The second kappa shape index (κ2) is 8.53. The Kier molecular flexibility index (Phi) is 5.73. The number of hydrogen-bond donors (Lipinski definition) is 2. The van der Waals surface area contributed by atoms with Crippen molar-refractivity contribution in [3.63, 3.8) is 0 Å². The highest BCUT2D eigenvalue weighted by Gasteiger charge is 2.34. The van der Waals surface area contributed by atoms with Crippen molar-refractivity contribution in [3.8, 4) is 0 Å². The molecule has 3 heterocycles. The molecule has 1 fully saturated rings. The van der Waals surface area contributed by atoms with Crippen molar-refractivity contribution in [3.05, 3.63) is 75.7 Å². The van der Waals surface area contributed by atoms with Gasteiger partial charge in [-0.2, -0.15) is 0 Å². The summed E-state index contributed by atoms with van der Waals surface area (Å²) in [7, 11) is -3.96. The van der Waals surface area contributed by atoms with Gasteiger partial charge in [-0.15, -0.1) is 0 Å². The van der Waals surface area contributed by atoms with Crippen LogP contribution in [-0.2, 0) is 10.0 Å². The van der Waals surface area contributed by atoms with E-state index in [1.165, 1.54) is 24.3 Å². The van der Waals surface area contributed by atoms with Gasteiger partial charge < -0.3 is 9.62 Å². The summed E-state index contributed by atoms with van der Waals surface area (Å²) in [5.74, 6) is 0.201. The summed E-state index contributed by atoms with van der Waals surface area (Å²) in [5.41, 5.74) is 2.07. The monoisotopic (exact) mass is 490 g/mol. The maximum atomic E-state index is 13.6. The molecule has 0 saturated carbocycles. The van der Waals surface area contributed by atoms with Crippen LogP contribution in [0.1, 0.15) is 42.5 Å². The van der Waals surface area contributed by atoms with Crippen molar-refractivity contribution in [2.24, 2.45) is 5.92 Å². The largest absolute Gasteiger partial charge is 0.316 e. The third-order valence-electron chi connectivity index (χ3n) is 6.07. The molecule has 2 N–H and O–H groups in total. The fraction of sp³-hybridized carbons (Fsp3) is 0.318. The highest BCUT2D eigenvalue weighted by atomic mass is 35.5. The Morgan fingerprint density at radius 1 is 1.25 bits per heavy atom. The first-order valence-electron chi connectivity index (χ1n) is 10.6. The van der Waals surface area contributed by atoms with Crippen molar-refractivity contribution in [2.75, 3.05) is 11.3 Å². The number of allylic oxidation sites excluding steroid dienone is 4. The fourth-order valence-corrected chi connectivity index (χ4v) is 6.74. The smallest absolute Gasteiger partial charge is 0.264 e. The minimum Gasteiger partial charge on any atom is -0.316 e. The van der Waals surface area contributed by atoms with Gasteiger partial charge in [0.1, 0.15) is 4.91 Å². The number of likely N-dealkylation sites (tertiary alicyclic amines) is 1. The standard InChI is InChI=1S/C22H23ClN4O3S2/c23-16-9-10-17(22(28)26-11-3-6-15-5-1-2-7-19(15)26)18(13-16)25-32(29,30)21-8-4-12-27-20(21)14-24-31-27/h4,7-10,12-15,24-25H,1-3,5-6,11H2. The lowest BCUT2D eigenvalue weighted by Gasteiger charge is -2.38. The van der Waals surface area contributed by atoms with E-state index in [2.05, 4.69) is 15.5 Å². The van der Waals surface area contributed by atoms with Crippen LogP contribution >= 0.6 is 23.7 Å². The van der Waals surface area contributed by atoms with Crippen LogP contribution in [0.25, 0.3) is 0 Å². The molecule has 3 aliphatic heterocycles. The Labute approximate surface area is 197 Å². The van der Waals surface area contributed by atoms with Gasteiger partial charge in [0.15, 0.2) is 0 Å². The lowest BCUT2D eigenvalue weighted by Crippen LogP contribution is -2.39. The quantitative estimate of drug-likeness (QED) is 0.594. The molecule has 0 radical (unpaired) electrons. The van der Waals surface area contributed by atoms with Crippen LogP contribution in [0.3, 0.4) is 0 Å². The number of carbonyl (C=O) groups excluding carboxylic acids is 1. The van der Waals surface area contributed by atoms with Gasteiger partial charge in [-0.05, 0) is 68.4 Å². The molecule has 0 bridgehead atoms. The van der Waals surface area contributed by atoms with E-state index >= 15 is 0 Å². The molecule has 1 atom stereocenters. The van der Waals surface area contributed by atoms with E-state index in [0.29, 0.717) is 28.7 Å². The second-order valence-corrected chi connectivity index (χ2v) is 11.0. The summed E-state index contributed by atoms with van der Waals surface area (Å²) < 4.78 is 33.9. The number of hydrogen-bond acceptors (Lipinski definition) is 6. The summed E-state index contributed by atoms with van der Waals surface area (Å²) in [6.07, 6.45) is 14.0. The average Bonchev–Trinajstić information content (AvgIpc) is 3.27. The zero-order chi connectivity index (χ0) is 22.3. The maximum absolute atomic E-state index is 13.6. The second-order valence-electron chi connectivity index (χ2n) is 8.09. The van der Waals surface area contributed by atoms with Crippen LogP contribution in [0.4, 0.5) is 5.69 Å². The number of carbonyl (C=O) groups is 1. The van der Waals surface area contributed by atoms with Gasteiger partial charge in [-0.1, -0.05) is 17.7 Å². The first-order valence-corrected chi connectivity index (χ1v) is 13.2. The molecule has 1 unspecified atom stereocenters. The minimum absolute atomic E-state index is 0.115. The molecule has 1 amide bonds.